The van der Waals surface area contributed by atoms with Gasteiger partial charge in [-0.25, -0.2) is 4.31 Å². The second-order valence-corrected chi connectivity index (χ2v) is 11.9. The molecule has 35 heavy (non-hydrogen) atoms. The summed E-state index contributed by atoms with van der Waals surface area (Å²) in [7, 11) is 0. The summed E-state index contributed by atoms with van der Waals surface area (Å²) in [5.74, 6) is -0.349. The molecule has 2 atom stereocenters. The first-order chi connectivity index (χ1) is 16.6. The Morgan fingerprint density at radius 2 is 1.91 bits per heavy atom. The summed E-state index contributed by atoms with van der Waals surface area (Å²) in [4.78, 5) is 26.9. The maximum absolute atomic E-state index is 12.3. The number of carboxylic acid groups (broad SMARTS) is 1. The van der Waals surface area contributed by atoms with Crippen molar-refractivity contribution in [2.24, 2.45) is 5.41 Å². The molecule has 4 rings (SSSR count). The molecule has 0 aliphatic carbocycles. The Morgan fingerprint density at radius 1 is 1.17 bits per heavy atom. The van der Waals surface area contributed by atoms with Gasteiger partial charge < -0.3 is 9.84 Å². The van der Waals surface area contributed by atoms with E-state index in [9.17, 15) is 14.7 Å². The molecular formula is C28H31NO4S2. The molecule has 0 bridgehead atoms. The number of nitrogens with zero attached hydrogens (tertiary/aromatic N) is 1. The number of benzene rings is 2. The molecule has 3 aromatic rings. The van der Waals surface area contributed by atoms with Crippen LogP contribution in [0.25, 0.3) is 0 Å². The molecule has 7 heteroatoms. The number of Topliss-reactive ketones (excluding diaryl/α,β-unsaturated/α-hetero) is 1. The molecule has 0 fully saturated rings. The van der Waals surface area contributed by atoms with Crippen molar-refractivity contribution in [3.8, 4) is 5.75 Å². The standard InChI is InChI=1S/C28H31NO4S2/c1-17-10-11-20(26(28(4,5)27(31)32)25-13-12-23(34-25)19(3)30)14-21(17)16-29-15-18(2)33-22-8-6-7-9-24(22)35-29/h6-14,18,26H,15-16H2,1-5H3,(H,31,32)/t18-,26?/m1/s1. The topological polar surface area (TPSA) is 66.8 Å². The van der Waals surface area contributed by atoms with E-state index in [0.29, 0.717) is 11.4 Å². The number of carbonyl (C=O) groups is 2. The van der Waals surface area contributed by atoms with Crippen LogP contribution in [0.4, 0.5) is 0 Å². The summed E-state index contributed by atoms with van der Waals surface area (Å²) in [6.45, 7) is 10.7. The van der Waals surface area contributed by atoms with Crippen molar-refractivity contribution in [1.82, 2.24) is 4.31 Å². The number of carboxylic acids is 1. The number of hydrogen-bond acceptors (Lipinski definition) is 6. The van der Waals surface area contributed by atoms with Crippen LogP contribution in [0.3, 0.4) is 0 Å². The zero-order valence-electron chi connectivity index (χ0n) is 20.7. The van der Waals surface area contributed by atoms with Gasteiger partial charge in [0.25, 0.3) is 0 Å². The van der Waals surface area contributed by atoms with Crippen molar-refractivity contribution in [3.05, 3.63) is 81.0 Å². The van der Waals surface area contributed by atoms with Crippen LogP contribution in [0.2, 0.25) is 0 Å². The van der Waals surface area contributed by atoms with E-state index in [1.807, 2.05) is 30.3 Å². The molecule has 1 N–H and O–H groups in total. The van der Waals surface area contributed by atoms with Gasteiger partial charge in [0.2, 0.25) is 0 Å². The van der Waals surface area contributed by atoms with Crippen LogP contribution < -0.4 is 4.74 Å². The Morgan fingerprint density at radius 3 is 2.60 bits per heavy atom. The minimum atomic E-state index is -1.05. The van der Waals surface area contributed by atoms with Gasteiger partial charge in [0.1, 0.15) is 11.9 Å². The Hall–Kier alpha value is -2.61. The molecule has 5 nitrogen and oxygen atoms in total. The van der Waals surface area contributed by atoms with Gasteiger partial charge in [0, 0.05) is 23.9 Å². The Balaban J connectivity index is 1.70. The smallest absolute Gasteiger partial charge is 0.310 e. The monoisotopic (exact) mass is 509 g/mol. The minimum absolute atomic E-state index is 0.00691. The predicted octanol–water partition coefficient (Wildman–Crippen LogP) is 6.79. The zero-order chi connectivity index (χ0) is 25.3. The highest BCUT2D eigenvalue weighted by atomic mass is 32.2. The lowest BCUT2D eigenvalue weighted by Crippen LogP contribution is -2.32. The number of carbonyl (C=O) groups excluding carboxylic acids is 1. The molecule has 0 amide bonds. The van der Waals surface area contributed by atoms with Gasteiger partial charge in [0.15, 0.2) is 5.78 Å². The average molecular weight is 510 g/mol. The summed E-state index contributed by atoms with van der Waals surface area (Å²) >= 11 is 3.08. The van der Waals surface area contributed by atoms with E-state index in [0.717, 1.165) is 38.8 Å². The van der Waals surface area contributed by atoms with Gasteiger partial charge in [-0.3, -0.25) is 9.59 Å². The van der Waals surface area contributed by atoms with Crippen molar-refractivity contribution in [1.29, 1.82) is 0 Å². The summed E-state index contributed by atoms with van der Waals surface area (Å²) < 4.78 is 8.42. The van der Waals surface area contributed by atoms with Crippen LogP contribution in [0.5, 0.6) is 5.75 Å². The van der Waals surface area contributed by atoms with E-state index in [2.05, 4.69) is 36.4 Å². The number of aryl methyl sites for hydroxylation is 1. The number of ether oxygens (including phenoxy) is 1. The first-order valence-electron chi connectivity index (χ1n) is 11.7. The third-order valence-corrected chi connectivity index (χ3v) is 8.77. The zero-order valence-corrected chi connectivity index (χ0v) is 22.3. The van der Waals surface area contributed by atoms with Gasteiger partial charge in [-0.1, -0.05) is 30.3 Å². The van der Waals surface area contributed by atoms with E-state index in [1.165, 1.54) is 11.3 Å². The maximum Gasteiger partial charge on any atom is 0.310 e. The maximum atomic E-state index is 12.3. The largest absolute Gasteiger partial charge is 0.488 e. The molecule has 0 spiro atoms. The highest BCUT2D eigenvalue weighted by molar-refractivity contribution is 7.97. The van der Waals surface area contributed by atoms with Gasteiger partial charge in [-0.15, -0.1) is 11.3 Å². The highest BCUT2D eigenvalue weighted by Crippen LogP contribution is 2.45. The molecule has 1 unspecified atom stereocenters. The molecule has 1 aliphatic rings. The number of aliphatic carboxylic acids is 1. The van der Waals surface area contributed by atoms with Crippen LogP contribution in [-0.2, 0) is 11.3 Å². The van der Waals surface area contributed by atoms with Gasteiger partial charge >= 0.3 is 5.97 Å². The van der Waals surface area contributed by atoms with Crippen molar-refractivity contribution in [3.63, 3.8) is 0 Å². The van der Waals surface area contributed by atoms with Crippen LogP contribution >= 0.6 is 23.3 Å². The molecule has 0 saturated carbocycles. The normalized spacial score (nSPS) is 17.2. The lowest BCUT2D eigenvalue weighted by molar-refractivity contribution is -0.147. The first-order valence-corrected chi connectivity index (χ1v) is 13.3. The number of para-hydroxylation sites is 1. The highest BCUT2D eigenvalue weighted by Gasteiger charge is 2.40. The second kappa shape index (κ2) is 10.2. The fourth-order valence-corrected chi connectivity index (χ4v) is 6.76. The van der Waals surface area contributed by atoms with E-state index in [1.54, 1.807) is 38.8 Å². The van der Waals surface area contributed by atoms with E-state index < -0.39 is 11.4 Å². The van der Waals surface area contributed by atoms with Crippen molar-refractivity contribution >= 4 is 35.0 Å². The lowest BCUT2D eigenvalue weighted by atomic mass is 9.73. The molecule has 1 aromatic heterocycles. The van der Waals surface area contributed by atoms with Crippen molar-refractivity contribution < 1.29 is 19.4 Å². The number of fused-ring (bicyclic) bond motifs is 1. The third-order valence-electron chi connectivity index (χ3n) is 6.45. The van der Waals surface area contributed by atoms with E-state index in [4.69, 9.17) is 4.74 Å². The lowest BCUT2D eigenvalue weighted by Gasteiger charge is -2.31. The number of thiophene rings is 1. The van der Waals surface area contributed by atoms with Gasteiger partial charge in [-0.2, -0.15) is 0 Å². The number of ketones is 1. The molecule has 184 valence electrons. The number of hydrogen-bond donors (Lipinski definition) is 1. The predicted molar refractivity (Wildman–Crippen MR) is 142 cm³/mol. The fraction of sp³-hybridized carbons (Fsp3) is 0.357. The Labute approximate surface area is 215 Å². The SMILES string of the molecule is CC(=O)c1ccc(C(c2ccc(C)c(CN3C[C@@H](C)Oc4ccccc4S3)c2)C(C)(C)C(=O)O)s1. The average Bonchev–Trinajstić information content (AvgIpc) is 3.20. The van der Waals surface area contributed by atoms with Crippen molar-refractivity contribution in [2.45, 2.75) is 58.1 Å². The Kier molecular flexibility index (Phi) is 7.40. The van der Waals surface area contributed by atoms with Crippen LogP contribution in [-0.4, -0.2) is 33.8 Å². The number of rotatable bonds is 7. The summed E-state index contributed by atoms with van der Waals surface area (Å²) in [5.41, 5.74) is 2.20. The van der Waals surface area contributed by atoms with Crippen molar-refractivity contribution in [2.75, 3.05) is 6.54 Å². The fourth-order valence-electron chi connectivity index (χ4n) is 4.43. The summed E-state index contributed by atoms with van der Waals surface area (Å²) in [5, 5.41) is 10.1. The van der Waals surface area contributed by atoms with Gasteiger partial charge in [0.05, 0.1) is 15.2 Å². The summed E-state index contributed by atoms with van der Waals surface area (Å²) in [6.07, 6.45) is 0.0458. The molecule has 1 aliphatic heterocycles. The van der Waals surface area contributed by atoms with Gasteiger partial charge in [-0.05, 0) is 87.5 Å². The Bertz CT molecular complexity index is 1250. The minimum Gasteiger partial charge on any atom is -0.488 e. The van der Waals surface area contributed by atoms with E-state index in [-0.39, 0.29) is 17.8 Å². The third kappa shape index (κ3) is 5.47. The molecular weight excluding hydrogens is 478 g/mol. The summed E-state index contributed by atoms with van der Waals surface area (Å²) in [6, 6.07) is 18.0. The second-order valence-electron chi connectivity index (χ2n) is 9.69. The molecule has 0 saturated heterocycles. The molecule has 0 radical (unpaired) electrons. The quantitative estimate of drug-likeness (QED) is 0.279. The van der Waals surface area contributed by atoms with Crippen LogP contribution in [0.1, 0.15) is 64.9 Å². The van der Waals surface area contributed by atoms with Crippen LogP contribution in [0.15, 0.2) is 59.5 Å². The first kappa shape index (κ1) is 25.5. The molecule has 2 heterocycles. The van der Waals surface area contributed by atoms with E-state index >= 15 is 0 Å². The molecule has 2 aromatic carbocycles. The van der Waals surface area contributed by atoms with Crippen LogP contribution in [0, 0.1) is 12.3 Å².